The number of rotatable bonds is 3. The van der Waals surface area contributed by atoms with Crippen LogP contribution in [-0.4, -0.2) is 41.6 Å². The Morgan fingerprint density at radius 1 is 1.57 bits per heavy atom. The van der Waals surface area contributed by atoms with Gasteiger partial charge in [-0.25, -0.2) is 8.42 Å². The van der Waals surface area contributed by atoms with Crippen molar-refractivity contribution in [2.45, 2.75) is 32.2 Å². The number of carboxylic acid groups (broad SMARTS) is 1. The van der Waals surface area contributed by atoms with E-state index < -0.39 is 21.5 Å². The van der Waals surface area contributed by atoms with E-state index in [4.69, 9.17) is 5.11 Å². The van der Waals surface area contributed by atoms with E-state index in [-0.39, 0.29) is 12.2 Å². The first kappa shape index (κ1) is 11.5. The molecule has 0 radical (unpaired) electrons. The van der Waals surface area contributed by atoms with Crippen molar-refractivity contribution in [1.29, 1.82) is 0 Å². The van der Waals surface area contributed by atoms with Crippen LogP contribution in [-0.2, 0) is 14.8 Å². The van der Waals surface area contributed by atoms with Gasteiger partial charge >= 0.3 is 5.97 Å². The first-order chi connectivity index (χ1) is 6.34. The fourth-order valence-electron chi connectivity index (χ4n) is 1.63. The van der Waals surface area contributed by atoms with Crippen LogP contribution in [0.1, 0.15) is 26.7 Å². The summed E-state index contributed by atoms with van der Waals surface area (Å²) in [5.41, 5.74) is -1.28. The van der Waals surface area contributed by atoms with E-state index in [0.29, 0.717) is 13.0 Å². The molecule has 0 aromatic rings. The highest BCUT2D eigenvalue weighted by atomic mass is 32.2. The molecule has 1 heterocycles. The molecular formula is C8H15NO4S. The summed E-state index contributed by atoms with van der Waals surface area (Å²) >= 11 is 0. The van der Waals surface area contributed by atoms with Crippen LogP contribution in [0.25, 0.3) is 0 Å². The minimum absolute atomic E-state index is 0.0653. The summed E-state index contributed by atoms with van der Waals surface area (Å²) in [4.78, 5) is 11.0. The van der Waals surface area contributed by atoms with Gasteiger partial charge in [0.15, 0.2) is 0 Å². The van der Waals surface area contributed by atoms with Gasteiger partial charge in [0.25, 0.3) is 0 Å². The number of sulfonamides is 1. The van der Waals surface area contributed by atoms with E-state index in [1.54, 1.807) is 6.92 Å². The van der Waals surface area contributed by atoms with Gasteiger partial charge in [-0.05, 0) is 19.8 Å². The zero-order valence-electron chi connectivity index (χ0n) is 8.36. The Kier molecular flexibility index (Phi) is 2.87. The molecule has 1 aliphatic rings. The number of aliphatic carboxylic acids is 1. The number of carbonyl (C=O) groups is 1. The molecule has 1 atom stereocenters. The van der Waals surface area contributed by atoms with Crippen LogP contribution in [0.3, 0.4) is 0 Å². The lowest BCUT2D eigenvalue weighted by molar-refractivity contribution is -0.147. The van der Waals surface area contributed by atoms with E-state index >= 15 is 0 Å². The zero-order chi connectivity index (χ0) is 11.0. The molecule has 5 nitrogen and oxygen atoms in total. The molecule has 1 fully saturated rings. The number of nitrogens with zero attached hydrogens (tertiary/aromatic N) is 1. The maximum Gasteiger partial charge on any atom is 0.324 e. The van der Waals surface area contributed by atoms with Crippen LogP contribution in [0.5, 0.6) is 0 Å². The van der Waals surface area contributed by atoms with E-state index in [1.165, 1.54) is 6.92 Å². The lowest BCUT2D eigenvalue weighted by atomic mass is 9.99. The van der Waals surface area contributed by atoms with Crippen molar-refractivity contribution in [3.8, 4) is 0 Å². The van der Waals surface area contributed by atoms with Gasteiger partial charge in [0, 0.05) is 6.54 Å². The smallest absolute Gasteiger partial charge is 0.324 e. The SMILES string of the molecule is CCC(C)(C(=O)O)N1CCCS1(=O)=O. The molecule has 0 amide bonds. The highest BCUT2D eigenvalue weighted by Crippen LogP contribution is 2.28. The van der Waals surface area contributed by atoms with Crippen LogP contribution in [0.2, 0.25) is 0 Å². The van der Waals surface area contributed by atoms with Gasteiger partial charge in [-0.1, -0.05) is 6.92 Å². The average Bonchev–Trinajstić information content (AvgIpc) is 2.44. The Morgan fingerprint density at radius 2 is 2.14 bits per heavy atom. The molecule has 1 N–H and O–H groups in total. The zero-order valence-corrected chi connectivity index (χ0v) is 9.17. The van der Waals surface area contributed by atoms with E-state index in [9.17, 15) is 13.2 Å². The quantitative estimate of drug-likeness (QED) is 0.742. The van der Waals surface area contributed by atoms with Crippen LogP contribution in [0.15, 0.2) is 0 Å². The van der Waals surface area contributed by atoms with Gasteiger partial charge in [0.05, 0.1) is 5.75 Å². The molecule has 0 aromatic heterocycles. The predicted octanol–water partition coefficient (Wildman–Crippen LogP) is 0.275. The summed E-state index contributed by atoms with van der Waals surface area (Å²) in [7, 11) is -3.35. The second kappa shape index (κ2) is 3.51. The molecule has 1 unspecified atom stereocenters. The molecule has 1 aliphatic heterocycles. The van der Waals surface area contributed by atoms with E-state index in [2.05, 4.69) is 0 Å². The van der Waals surface area contributed by atoms with E-state index in [0.717, 1.165) is 4.31 Å². The van der Waals surface area contributed by atoms with Crippen molar-refractivity contribution in [3.63, 3.8) is 0 Å². The van der Waals surface area contributed by atoms with Gasteiger partial charge in [-0.3, -0.25) is 4.79 Å². The normalized spacial score (nSPS) is 25.9. The molecule has 1 saturated heterocycles. The summed E-state index contributed by atoms with van der Waals surface area (Å²) in [6.07, 6.45) is 0.798. The minimum atomic E-state index is -3.35. The van der Waals surface area contributed by atoms with Crippen molar-refractivity contribution in [2.75, 3.05) is 12.3 Å². The summed E-state index contributed by atoms with van der Waals surface area (Å²) < 4.78 is 24.2. The first-order valence-electron chi connectivity index (χ1n) is 4.58. The number of hydrogen-bond acceptors (Lipinski definition) is 3. The monoisotopic (exact) mass is 221 g/mol. The fraction of sp³-hybridized carbons (Fsp3) is 0.875. The Morgan fingerprint density at radius 3 is 2.43 bits per heavy atom. The van der Waals surface area contributed by atoms with E-state index in [1.807, 2.05) is 0 Å². The Balaban J connectivity index is 3.08. The highest BCUT2D eigenvalue weighted by Gasteiger charge is 2.46. The third kappa shape index (κ3) is 1.64. The molecule has 1 rings (SSSR count). The van der Waals surface area contributed by atoms with Gasteiger partial charge in [0.1, 0.15) is 5.54 Å². The summed E-state index contributed by atoms with van der Waals surface area (Å²) in [6.45, 7) is 3.46. The molecule has 0 saturated carbocycles. The topological polar surface area (TPSA) is 74.7 Å². The fourth-order valence-corrected chi connectivity index (χ4v) is 3.57. The summed E-state index contributed by atoms with van der Waals surface area (Å²) in [5, 5.41) is 9.02. The van der Waals surface area contributed by atoms with Crippen molar-refractivity contribution >= 4 is 16.0 Å². The lowest BCUT2D eigenvalue weighted by Gasteiger charge is -2.32. The maximum atomic E-state index is 11.5. The molecule has 0 bridgehead atoms. The molecule has 0 spiro atoms. The van der Waals surface area contributed by atoms with Gasteiger partial charge in [-0.2, -0.15) is 4.31 Å². The first-order valence-corrected chi connectivity index (χ1v) is 6.19. The number of hydrogen-bond donors (Lipinski definition) is 1. The van der Waals surface area contributed by atoms with Crippen molar-refractivity contribution in [2.24, 2.45) is 0 Å². The predicted molar refractivity (Wildman–Crippen MR) is 51.4 cm³/mol. The molecule has 0 aromatic carbocycles. The molecule has 6 heteroatoms. The van der Waals surface area contributed by atoms with Crippen LogP contribution >= 0.6 is 0 Å². The Hall–Kier alpha value is -0.620. The molecular weight excluding hydrogens is 206 g/mol. The van der Waals surface area contributed by atoms with Crippen LogP contribution in [0.4, 0.5) is 0 Å². The van der Waals surface area contributed by atoms with Crippen molar-refractivity contribution in [1.82, 2.24) is 4.31 Å². The average molecular weight is 221 g/mol. The standard InChI is InChI=1S/C8H15NO4S/c1-3-8(2,7(10)11)9-5-4-6-14(9,12)13/h3-6H2,1-2H3,(H,10,11). The van der Waals surface area contributed by atoms with Crippen LogP contribution in [0, 0.1) is 0 Å². The maximum absolute atomic E-state index is 11.5. The Labute approximate surface area is 83.8 Å². The second-order valence-electron chi connectivity index (χ2n) is 3.67. The third-order valence-electron chi connectivity index (χ3n) is 2.80. The second-order valence-corrected chi connectivity index (χ2v) is 5.69. The molecule has 0 aliphatic carbocycles. The molecule has 82 valence electrons. The Bertz CT molecular complexity index is 337. The summed E-state index contributed by atoms with van der Waals surface area (Å²) in [5.74, 6) is -1.01. The summed E-state index contributed by atoms with van der Waals surface area (Å²) in [6, 6.07) is 0. The molecule has 14 heavy (non-hydrogen) atoms. The van der Waals surface area contributed by atoms with Gasteiger partial charge < -0.3 is 5.11 Å². The third-order valence-corrected chi connectivity index (χ3v) is 4.86. The number of carboxylic acids is 1. The van der Waals surface area contributed by atoms with Gasteiger partial charge in [0.2, 0.25) is 10.0 Å². The lowest BCUT2D eigenvalue weighted by Crippen LogP contribution is -2.52. The van der Waals surface area contributed by atoms with Crippen LogP contribution < -0.4 is 0 Å². The minimum Gasteiger partial charge on any atom is -0.480 e. The van der Waals surface area contributed by atoms with Gasteiger partial charge in [-0.15, -0.1) is 0 Å². The highest BCUT2D eigenvalue weighted by molar-refractivity contribution is 7.89. The van der Waals surface area contributed by atoms with Crippen molar-refractivity contribution < 1.29 is 18.3 Å². The van der Waals surface area contributed by atoms with Crippen molar-refractivity contribution in [3.05, 3.63) is 0 Å². The largest absolute Gasteiger partial charge is 0.480 e.